The largest absolute Gasteiger partial charge is 0.369 e. The van der Waals surface area contributed by atoms with Gasteiger partial charge in [0.05, 0.1) is 17.6 Å². The maximum Gasteiger partial charge on any atom is 0.279 e. The molecule has 0 bridgehead atoms. The molecule has 172 valence electrons. The van der Waals surface area contributed by atoms with Crippen LogP contribution in [0.25, 0.3) is 0 Å². The Bertz CT molecular complexity index is 1310. The minimum Gasteiger partial charge on any atom is -0.369 e. The first kappa shape index (κ1) is 22.4. The molecule has 9 nitrogen and oxygen atoms in total. The fourth-order valence-electron chi connectivity index (χ4n) is 3.39. The van der Waals surface area contributed by atoms with Crippen LogP contribution in [0.5, 0.6) is 0 Å². The van der Waals surface area contributed by atoms with Crippen molar-refractivity contribution >= 4 is 27.8 Å². The molecule has 2 aromatic rings. The zero-order chi connectivity index (χ0) is 23.8. The Hall–Kier alpha value is -3.80. The number of nitrogens with one attached hydrogen (secondary N) is 4. The Morgan fingerprint density at radius 3 is 2.67 bits per heavy atom. The van der Waals surface area contributed by atoms with Gasteiger partial charge in [0.1, 0.15) is 17.8 Å². The lowest BCUT2D eigenvalue weighted by molar-refractivity contribution is 0.102. The molecule has 3 heterocycles. The van der Waals surface area contributed by atoms with Crippen molar-refractivity contribution in [1.82, 2.24) is 20.9 Å². The molecule has 0 fully saturated rings. The van der Waals surface area contributed by atoms with Gasteiger partial charge in [-0.2, -0.15) is 8.42 Å². The van der Waals surface area contributed by atoms with Gasteiger partial charge in [0.25, 0.3) is 10.0 Å². The number of hydrogen-bond donors (Lipinski definition) is 4. The Kier molecular flexibility index (Phi) is 5.85. The van der Waals surface area contributed by atoms with Crippen molar-refractivity contribution in [3.8, 4) is 0 Å². The molecule has 1 unspecified atom stereocenters. The van der Waals surface area contributed by atoms with E-state index in [-0.39, 0.29) is 16.6 Å². The van der Waals surface area contributed by atoms with Gasteiger partial charge in [0, 0.05) is 29.6 Å². The molecule has 0 aliphatic carbocycles. The number of Topliss-reactive ketones (excluding diaryl/α,β-unsaturated/α-hetero) is 1. The average molecular weight is 474 g/mol. The van der Waals surface area contributed by atoms with Crippen LogP contribution in [-0.2, 0) is 10.0 Å². The second kappa shape index (κ2) is 8.62. The van der Waals surface area contributed by atoms with Gasteiger partial charge >= 0.3 is 0 Å². The predicted octanol–water partition coefficient (Wildman–Crippen LogP) is 2.00. The monoisotopic (exact) mass is 474 g/mol. The second-order valence-corrected chi connectivity index (χ2v) is 9.15. The zero-order valence-corrected chi connectivity index (χ0v) is 18.4. The van der Waals surface area contributed by atoms with Gasteiger partial charge in [-0.15, -0.1) is 0 Å². The highest BCUT2D eigenvalue weighted by atomic mass is 32.2. The first-order valence-corrected chi connectivity index (χ1v) is 11.4. The number of benzene rings is 1. The number of ketones is 1. The maximum atomic E-state index is 15.3. The Morgan fingerprint density at radius 1 is 1.18 bits per heavy atom. The molecular weight excluding hydrogens is 454 g/mol. The van der Waals surface area contributed by atoms with E-state index in [2.05, 4.69) is 25.9 Å². The van der Waals surface area contributed by atoms with Crippen molar-refractivity contribution in [3.63, 3.8) is 0 Å². The molecule has 33 heavy (non-hydrogen) atoms. The summed E-state index contributed by atoms with van der Waals surface area (Å²) in [6, 6.07) is 5.92. The summed E-state index contributed by atoms with van der Waals surface area (Å²) in [6.45, 7) is 3.78. The van der Waals surface area contributed by atoms with Crippen LogP contribution in [0.1, 0.15) is 24.2 Å². The Morgan fingerprint density at radius 2 is 1.97 bits per heavy atom. The van der Waals surface area contributed by atoms with Gasteiger partial charge in [-0.3, -0.25) is 9.52 Å². The third kappa shape index (κ3) is 4.29. The summed E-state index contributed by atoms with van der Waals surface area (Å²) in [4.78, 5) is 21.2. The van der Waals surface area contributed by atoms with Crippen LogP contribution in [0.3, 0.4) is 0 Å². The molecule has 0 saturated carbocycles. The molecule has 0 spiro atoms. The number of rotatable bonds is 7. The van der Waals surface area contributed by atoms with Crippen LogP contribution in [0.2, 0.25) is 0 Å². The summed E-state index contributed by atoms with van der Waals surface area (Å²) >= 11 is 0. The Labute approximate surface area is 188 Å². The summed E-state index contributed by atoms with van der Waals surface area (Å²) in [5.74, 6) is -2.96. The number of carbonyl (C=O) groups excluding carboxylic acids is 1. The fourth-order valence-corrected chi connectivity index (χ4v) is 4.40. The number of halogens is 2. The third-order valence-electron chi connectivity index (χ3n) is 4.80. The molecular formula is C21H20F2N6O3S. The van der Waals surface area contributed by atoms with Crippen LogP contribution in [0, 0.1) is 11.6 Å². The molecule has 0 amide bonds. The van der Waals surface area contributed by atoms with Gasteiger partial charge in [-0.1, -0.05) is 6.07 Å². The lowest BCUT2D eigenvalue weighted by Gasteiger charge is -2.23. The zero-order valence-electron chi connectivity index (χ0n) is 17.6. The summed E-state index contributed by atoms with van der Waals surface area (Å²) in [5, 5.41) is 8.58. The van der Waals surface area contributed by atoms with E-state index in [1.807, 2.05) is 18.6 Å². The SMILES string of the molecule is CC(C)NC1=C2C(C(=O)c3c(F)ccc(NS(=O)(=O)c4ccccn4)c3F)=CNC2N=CN1. The molecule has 2 aliphatic rings. The summed E-state index contributed by atoms with van der Waals surface area (Å²) < 4.78 is 57.0. The highest BCUT2D eigenvalue weighted by molar-refractivity contribution is 7.92. The van der Waals surface area contributed by atoms with Gasteiger partial charge in [0.2, 0.25) is 5.78 Å². The van der Waals surface area contributed by atoms with Crippen LogP contribution in [0.15, 0.2) is 69.7 Å². The van der Waals surface area contributed by atoms with E-state index in [9.17, 15) is 17.6 Å². The van der Waals surface area contributed by atoms with Crippen molar-refractivity contribution in [3.05, 3.63) is 76.9 Å². The second-order valence-electron chi connectivity index (χ2n) is 7.52. The van der Waals surface area contributed by atoms with E-state index >= 15 is 4.39 Å². The quantitative estimate of drug-likeness (QED) is 0.453. The smallest absolute Gasteiger partial charge is 0.279 e. The van der Waals surface area contributed by atoms with E-state index in [0.29, 0.717) is 11.4 Å². The van der Waals surface area contributed by atoms with Gasteiger partial charge in [0.15, 0.2) is 10.8 Å². The predicted molar refractivity (Wildman–Crippen MR) is 118 cm³/mol. The first-order chi connectivity index (χ1) is 15.7. The molecule has 4 N–H and O–H groups in total. The summed E-state index contributed by atoms with van der Waals surface area (Å²) in [5.41, 5.74) is -1.08. The highest BCUT2D eigenvalue weighted by Gasteiger charge is 2.35. The average Bonchev–Trinajstić information content (AvgIpc) is 3.21. The van der Waals surface area contributed by atoms with Crippen molar-refractivity contribution in [2.24, 2.45) is 4.99 Å². The van der Waals surface area contributed by atoms with Crippen molar-refractivity contribution in [2.45, 2.75) is 31.1 Å². The number of aliphatic imine (C=N–C) groups is 1. The van der Waals surface area contributed by atoms with E-state index in [0.717, 1.165) is 12.1 Å². The van der Waals surface area contributed by atoms with Crippen molar-refractivity contribution in [2.75, 3.05) is 4.72 Å². The maximum absolute atomic E-state index is 15.3. The normalized spacial score (nSPS) is 17.2. The minimum absolute atomic E-state index is 0.00176. The van der Waals surface area contributed by atoms with E-state index in [4.69, 9.17) is 0 Å². The number of anilines is 1. The lowest BCUT2D eigenvalue weighted by Crippen LogP contribution is -2.39. The fraction of sp³-hybridized carbons (Fsp3) is 0.190. The number of pyridine rings is 1. The number of carbonyl (C=O) groups is 1. The number of hydrogen-bond acceptors (Lipinski definition) is 8. The van der Waals surface area contributed by atoms with Crippen molar-refractivity contribution in [1.29, 1.82) is 0 Å². The number of sulfonamides is 1. The van der Waals surface area contributed by atoms with Crippen LogP contribution >= 0.6 is 0 Å². The van der Waals surface area contributed by atoms with Crippen molar-refractivity contribution < 1.29 is 22.0 Å². The number of aromatic nitrogens is 1. The summed E-state index contributed by atoms with van der Waals surface area (Å²) in [6.07, 6.45) is 3.43. The minimum atomic E-state index is -4.26. The van der Waals surface area contributed by atoms with Crippen LogP contribution in [-0.4, -0.2) is 37.7 Å². The van der Waals surface area contributed by atoms with E-state index in [1.54, 1.807) is 0 Å². The standard InChI is InChI=1S/C21H20F2N6O3S/c1-11(2)28-21-16-12(9-25-20(16)26-10-27-21)19(30)17-13(22)6-7-14(18(17)23)29-33(31,32)15-5-3-4-8-24-15/h3-11,20,25,28-29H,1-2H3,(H,26,27). The van der Waals surface area contributed by atoms with Crippen LogP contribution in [0.4, 0.5) is 14.5 Å². The van der Waals surface area contributed by atoms with Gasteiger partial charge in [-0.25, -0.2) is 18.8 Å². The van der Waals surface area contributed by atoms with E-state index < -0.39 is 44.9 Å². The molecule has 12 heteroatoms. The molecule has 1 aromatic heterocycles. The summed E-state index contributed by atoms with van der Waals surface area (Å²) in [7, 11) is -4.26. The molecule has 0 saturated heterocycles. The first-order valence-electron chi connectivity index (χ1n) is 9.91. The Balaban J connectivity index is 1.71. The highest BCUT2D eigenvalue weighted by Crippen LogP contribution is 2.31. The molecule has 1 atom stereocenters. The number of fused-ring (bicyclic) bond motifs is 1. The number of nitrogens with zero attached hydrogens (tertiary/aromatic N) is 2. The molecule has 0 radical (unpaired) electrons. The van der Waals surface area contributed by atoms with Gasteiger partial charge < -0.3 is 16.0 Å². The van der Waals surface area contributed by atoms with Gasteiger partial charge in [-0.05, 0) is 38.1 Å². The van der Waals surface area contributed by atoms with E-state index in [1.165, 1.54) is 36.9 Å². The topological polar surface area (TPSA) is 125 Å². The lowest BCUT2D eigenvalue weighted by atomic mass is 9.96. The molecule has 4 rings (SSSR count). The van der Waals surface area contributed by atoms with Crippen LogP contribution < -0.4 is 20.7 Å². The molecule has 2 aliphatic heterocycles. The molecule has 1 aromatic carbocycles. The third-order valence-corrected chi connectivity index (χ3v) is 6.08.